The van der Waals surface area contributed by atoms with Crippen LogP contribution in [0.15, 0.2) is 29.3 Å². The molecule has 2 N–H and O–H groups in total. The van der Waals surface area contributed by atoms with Crippen LogP contribution in [0, 0.1) is 6.92 Å². The zero-order valence-electron chi connectivity index (χ0n) is 17.1. The lowest BCUT2D eigenvalue weighted by Crippen LogP contribution is -2.38. The summed E-state index contributed by atoms with van der Waals surface area (Å²) in [6.45, 7) is 7.73. The molecule has 0 unspecified atom stereocenters. The maximum Gasteiger partial charge on any atom is 0.191 e. The van der Waals surface area contributed by atoms with Crippen LogP contribution in [0.5, 0.6) is 0 Å². The number of nitrogens with one attached hydrogen (secondary N) is 2. The SMILES string of the molecule is CCNC(=NCc1ccccc1C)NCCCc1nnc2n1CCCCC2.I. The van der Waals surface area contributed by atoms with Crippen molar-refractivity contribution in [2.24, 2.45) is 4.99 Å². The van der Waals surface area contributed by atoms with Gasteiger partial charge >= 0.3 is 0 Å². The van der Waals surface area contributed by atoms with Gasteiger partial charge in [0.2, 0.25) is 0 Å². The van der Waals surface area contributed by atoms with E-state index in [1.807, 2.05) is 0 Å². The van der Waals surface area contributed by atoms with Crippen LogP contribution >= 0.6 is 24.0 Å². The van der Waals surface area contributed by atoms with Gasteiger partial charge in [-0.3, -0.25) is 0 Å². The van der Waals surface area contributed by atoms with Crippen LogP contribution in [-0.4, -0.2) is 33.8 Å². The van der Waals surface area contributed by atoms with E-state index >= 15 is 0 Å². The molecule has 0 spiro atoms. The summed E-state index contributed by atoms with van der Waals surface area (Å²) in [4.78, 5) is 4.72. The summed E-state index contributed by atoms with van der Waals surface area (Å²) >= 11 is 0. The smallest absolute Gasteiger partial charge is 0.191 e. The molecule has 0 saturated heterocycles. The van der Waals surface area contributed by atoms with E-state index in [-0.39, 0.29) is 24.0 Å². The standard InChI is InChI=1S/C21H32N6.HI/c1-3-22-21(24-16-18-11-7-6-10-17(18)2)23-14-9-13-20-26-25-19-12-5-4-8-15-27(19)20;/h6-7,10-11H,3-5,8-9,12-16H2,1-2H3,(H2,22,23,24);1H. The number of benzene rings is 1. The lowest BCUT2D eigenvalue weighted by Gasteiger charge is -2.12. The van der Waals surface area contributed by atoms with Crippen LogP contribution < -0.4 is 10.6 Å². The Morgan fingerprint density at radius 2 is 2.00 bits per heavy atom. The largest absolute Gasteiger partial charge is 0.357 e. The van der Waals surface area contributed by atoms with Gasteiger partial charge in [0.1, 0.15) is 11.6 Å². The summed E-state index contributed by atoms with van der Waals surface area (Å²) in [5.74, 6) is 3.18. The molecule has 6 nitrogen and oxygen atoms in total. The highest BCUT2D eigenvalue weighted by atomic mass is 127. The minimum absolute atomic E-state index is 0. The highest BCUT2D eigenvalue weighted by molar-refractivity contribution is 14.0. The molecule has 0 saturated carbocycles. The summed E-state index contributed by atoms with van der Waals surface area (Å²) < 4.78 is 2.34. The van der Waals surface area contributed by atoms with Crippen molar-refractivity contribution >= 4 is 29.9 Å². The minimum Gasteiger partial charge on any atom is -0.357 e. The molecule has 0 bridgehead atoms. The van der Waals surface area contributed by atoms with Crippen LogP contribution in [0.3, 0.4) is 0 Å². The first-order chi connectivity index (χ1) is 13.3. The Balaban J connectivity index is 0.00000280. The van der Waals surface area contributed by atoms with Crippen molar-refractivity contribution < 1.29 is 0 Å². The molecule has 2 heterocycles. The number of nitrogens with zero attached hydrogens (tertiary/aromatic N) is 4. The van der Waals surface area contributed by atoms with Gasteiger partial charge in [0.25, 0.3) is 0 Å². The Bertz CT molecular complexity index is 755. The van der Waals surface area contributed by atoms with Crippen LogP contribution in [0.25, 0.3) is 0 Å². The third kappa shape index (κ3) is 6.46. The second kappa shape index (κ2) is 12.0. The van der Waals surface area contributed by atoms with Crippen molar-refractivity contribution in [2.75, 3.05) is 13.1 Å². The number of hydrogen-bond acceptors (Lipinski definition) is 3. The van der Waals surface area contributed by atoms with E-state index in [1.165, 1.54) is 36.2 Å². The number of fused-ring (bicyclic) bond motifs is 1. The van der Waals surface area contributed by atoms with E-state index in [2.05, 4.69) is 63.5 Å². The van der Waals surface area contributed by atoms with Gasteiger partial charge in [0.05, 0.1) is 6.54 Å². The fraction of sp³-hybridized carbons (Fsp3) is 0.571. The first kappa shape index (κ1) is 22.6. The Labute approximate surface area is 185 Å². The van der Waals surface area contributed by atoms with Crippen molar-refractivity contribution in [3.63, 3.8) is 0 Å². The van der Waals surface area contributed by atoms with E-state index in [9.17, 15) is 0 Å². The van der Waals surface area contributed by atoms with Crippen molar-refractivity contribution in [1.29, 1.82) is 0 Å². The zero-order chi connectivity index (χ0) is 18.9. The molecule has 1 aliphatic rings. The summed E-state index contributed by atoms with van der Waals surface area (Å²) in [6.07, 6.45) is 6.83. The topological polar surface area (TPSA) is 67.1 Å². The molecule has 1 aromatic carbocycles. The average Bonchev–Trinajstić information content (AvgIpc) is 2.90. The van der Waals surface area contributed by atoms with E-state index in [4.69, 9.17) is 4.99 Å². The highest BCUT2D eigenvalue weighted by Gasteiger charge is 2.14. The van der Waals surface area contributed by atoms with Gasteiger partial charge < -0.3 is 15.2 Å². The molecular weight excluding hydrogens is 463 g/mol. The molecule has 28 heavy (non-hydrogen) atoms. The molecule has 0 atom stereocenters. The number of aryl methyl sites for hydroxylation is 3. The quantitative estimate of drug-likeness (QED) is 0.266. The normalized spacial score (nSPS) is 14.0. The molecule has 1 aromatic heterocycles. The van der Waals surface area contributed by atoms with Crippen molar-refractivity contribution in [2.45, 2.75) is 65.5 Å². The summed E-state index contributed by atoms with van der Waals surface area (Å²) in [7, 11) is 0. The second-order valence-electron chi connectivity index (χ2n) is 7.15. The van der Waals surface area contributed by atoms with Crippen LogP contribution in [0.1, 0.15) is 55.4 Å². The van der Waals surface area contributed by atoms with E-state index in [0.717, 1.165) is 50.7 Å². The molecule has 154 valence electrons. The van der Waals surface area contributed by atoms with Crippen LogP contribution in [0.4, 0.5) is 0 Å². The average molecular weight is 496 g/mol. The predicted octanol–water partition coefficient (Wildman–Crippen LogP) is 3.62. The van der Waals surface area contributed by atoms with Gasteiger partial charge in [-0.2, -0.15) is 0 Å². The number of aliphatic imine (C=N–C) groups is 1. The molecule has 7 heteroatoms. The molecule has 0 aliphatic carbocycles. The molecule has 0 fully saturated rings. The third-order valence-corrected chi connectivity index (χ3v) is 5.07. The Morgan fingerprint density at radius 1 is 1.14 bits per heavy atom. The van der Waals surface area contributed by atoms with Crippen molar-refractivity contribution in [3.05, 3.63) is 47.0 Å². The number of guanidine groups is 1. The molecule has 2 aromatic rings. The first-order valence-corrected chi connectivity index (χ1v) is 10.3. The maximum absolute atomic E-state index is 4.72. The minimum atomic E-state index is 0. The predicted molar refractivity (Wildman–Crippen MR) is 125 cm³/mol. The maximum atomic E-state index is 4.72. The lowest BCUT2D eigenvalue weighted by atomic mass is 10.1. The Kier molecular flexibility index (Phi) is 9.73. The fourth-order valence-electron chi connectivity index (χ4n) is 3.48. The molecule has 1 aliphatic heterocycles. The molecule has 0 amide bonds. The number of rotatable bonds is 7. The monoisotopic (exact) mass is 496 g/mol. The van der Waals surface area contributed by atoms with Gasteiger partial charge in [0.15, 0.2) is 5.96 Å². The number of halogens is 1. The van der Waals surface area contributed by atoms with Gasteiger partial charge in [-0.15, -0.1) is 34.2 Å². The number of aromatic nitrogens is 3. The van der Waals surface area contributed by atoms with Crippen LogP contribution in [-0.2, 0) is 25.9 Å². The Morgan fingerprint density at radius 3 is 2.82 bits per heavy atom. The number of hydrogen-bond donors (Lipinski definition) is 2. The van der Waals surface area contributed by atoms with E-state index < -0.39 is 0 Å². The van der Waals surface area contributed by atoms with Gasteiger partial charge in [-0.25, -0.2) is 4.99 Å². The van der Waals surface area contributed by atoms with E-state index in [1.54, 1.807) is 0 Å². The van der Waals surface area contributed by atoms with Crippen molar-refractivity contribution in [3.8, 4) is 0 Å². The molecule has 0 radical (unpaired) electrons. The van der Waals surface area contributed by atoms with Crippen LogP contribution in [0.2, 0.25) is 0 Å². The Hall–Kier alpha value is -1.64. The molecule has 3 rings (SSSR count). The van der Waals surface area contributed by atoms with Gasteiger partial charge in [0, 0.05) is 32.5 Å². The zero-order valence-corrected chi connectivity index (χ0v) is 19.4. The lowest BCUT2D eigenvalue weighted by molar-refractivity contribution is 0.594. The highest BCUT2D eigenvalue weighted by Crippen LogP contribution is 2.15. The van der Waals surface area contributed by atoms with Crippen molar-refractivity contribution in [1.82, 2.24) is 25.4 Å². The first-order valence-electron chi connectivity index (χ1n) is 10.3. The second-order valence-corrected chi connectivity index (χ2v) is 7.15. The summed E-state index contributed by atoms with van der Waals surface area (Å²) in [5.41, 5.74) is 2.55. The van der Waals surface area contributed by atoms with Gasteiger partial charge in [-0.1, -0.05) is 30.7 Å². The summed E-state index contributed by atoms with van der Waals surface area (Å²) in [5, 5.41) is 15.6. The van der Waals surface area contributed by atoms with Gasteiger partial charge in [-0.05, 0) is 44.2 Å². The molecular formula is C21H33IN6. The summed E-state index contributed by atoms with van der Waals surface area (Å²) in [6, 6.07) is 8.41. The van der Waals surface area contributed by atoms with E-state index in [0.29, 0.717) is 6.54 Å². The fourth-order valence-corrected chi connectivity index (χ4v) is 3.48. The third-order valence-electron chi connectivity index (χ3n) is 5.07.